The molecule has 4 nitrogen and oxygen atoms in total. The Kier molecular flexibility index (Phi) is 5.12. The number of alkyl carbamates (subject to hydrolysis) is 1. The first-order chi connectivity index (χ1) is 8.62. The van der Waals surface area contributed by atoms with E-state index in [1.807, 2.05) is 0 Å². The van der Waals surface area contributed by atoms with Gasteiger partial charge in [-0.05, 0) is 46.6 Å². The molecular weight excluding hydrogens is 254 g/mol. The third-order valence-electron chi connectivity index (χ3n) is 3.33. The van der Waals surface area contributed by atoms with Crippen LogP contribution in [-0.2, 0) is 4.74 Å². The van der Waals surface area contributed by atoms with Gasteiger partial charge >= 0.3 is 6.09 Å². The number of nitrogens with one attached hydrogen (secondary N) is 2. The van der Waals surface area contributed by atoms with Crippen molar-refractivity contribution in [3.63, 3.8) is 0 Å². The Hall–Kier alpha value is -0.910. The number of ether oxygens (including phenoxy) is 1. The SMILES string of the molecule is CC(C)(C)OC(=O)NC(C)(CC(F)F)C1CCNC1. The van der Waals surface area contributed by atoms with Gasteiger partial charge in [0.1, 0.15) is 5.60 Å². The summed E-state index contributed by atoms with van der Waals surface area (Å²) < 4.78 is 30.7. The van der Waals surface area contributed by atoms with E-state index < -0.39 is 23.7 Å². The van der Waals surface area contributed by atoms with E-state index in [-0.39, 0.29) is 12.3 Å². The summed E-state index contributed by atoms with van der Waals surface area (Å²) in [5.41, 5.74) is -1.58. The summed E-state index contributed by atoms with van der Waals surface area (Å²) in [4.78, 5) is 11.8. The van der Waals surface area contributed by atoms with Crippen LogP contribution in [0.5, 0.6) is 0 Å². The largest absolute Gasteiger partial charge is 0.444 e. The van der Waals surface area contributed by atoms with Crippen molar-refractivity contribution in [2.75, 3.05) is 13.1 Å². The van der Waals surface area contributed by atoms with Crippen molar-refractivity contribution in [1.29, 1.82) is 0 Å². The average Bonchev–Trinajstić information content (AvgIpc) is 2.64. The molecule has 1 aliphatic heterocycles. The fraction of sp³-hybridized carbons (Fsp3) is 0.923. The number of hydrogen-bond donors (Lipinski definition) is 2. The van der Waals surface area contributed by atoms with E-state index in [2.05, 4.69) is 10.6 Å². The average molecular weight is 278 g/mol. The fourth-order valence-electron chi connectivity index (χ4n) is 2.38. The van der Waals surface area contributed by atoms with Crippen LogP contribution >= 0.6 is 0 Å². The lowest BCUT2D eigenvalue weighted by molar-refractivity contribution is 0.0310. The highest BCUT2D eigenvalue weighted by Gasteiger charge is 2.40. The van der Waals surface area contributed by atoms with Gasteiger partial charge in [-0.25, -0.2) is 13.6 Å². The van der Waals surface area contributed by atoms with Gasteiger partial charge in [0.05, 0.1) is 5.54 Å². The first-order valence-corrected chi connectivity index (χ1v) is 6.62. The van der Waals surface area contributed by atoms with Gasteiger partial charge in [-0.2, -0.15) is 0 Å². The Morgan fingerprint density at radius 2 is 2.05 bits per heavy atom. The van der Waals surface area contributed by atoms with Gasteiger partial charge in [-0.15, -0.1) is 0 Å². The Bertz CT molecular complexity index is 312. The molecule has 1 aliphatic rings. The van der Waals surface area contributed by atoms with Gasteiger partial charge in [-0.3, -0.25) is 0 Å². The van der Waals surface area contributed by atoms with Gasteiger partial charge in [0, 0.05) is 13.0 Å². The lowest BCUT2D eigenvalue weighted by atomic mass is 9.82. The molecule has 19 heavy (non-hydrogen) atoms. The molecule has 0 aromatic rings. The van der Waals surface area contributed by atoms with E-state index in [0.29, 0.717) is 6.54 Å². The summed E-state index contributed by atoms with van der Waals surface area (Å²) in [6.07, 6.45) is -2.68. The van der Waals surface area contributed by atoms with Gasteiger partial charge in [0.2, 0.25) is 6.43 Å². The van der Waals surface area contributed by atoms with Crippen molar-refractivity contribution in [2.24, 2.45) is 5.92 Å². The summed E-state index contributed by atoms with van der Waals surface area (Å²) in [6, 6.07) is 0. The van der Waals surface area contributed by atoms with Gasteiger partial charge < -0.3 is 15.4 Å². The lowest BCUT2D eigenvalue weighted by Gasteiger charge is -2.36. The van der Waals surface area contributed by atoms with Crippen LogP contribution in [0.2, 0.25) is 0 Å². The molecule has 1 fully saturated rings. The summed E-state index contributed by atoms with van der Waals surface area (Å²) in [6.45, 7) is 8.33. The minimum Gasteiger partial charge on any atom is -0.444 e. The van der Waals surface area contributed by atoms with Gasteiger partial charge in [0.25, 0.3) is 0 Å². The zero-order valence-electron chi connectivity index (χ0n) is 12.1. The molecule has 112 valence electrons. The maximum absolute atomic E-state index is 12.8. The first kappa shape index (κ1) is 16.1. The highest BCUT2D eigenvalue weighted by Crippen LogP contribution is 2.29. The molecule has 1 rings (SSSR count). The maximum Gasteiger partial charge on any atom is 0.408 e. The summed E-state index contributed by atoms with van der Waals surface area (Å²) >= 11 is 0. The van der Waals surface area contributed by atoms with Crippen molar-refractivity contribution < 1.29 is 18.3 Å². The van der Waals surface area contributed by atoms with Gasteiger partial charge in [0.15, 0.2) is 0 Å². The second-order valence-electron chi connectivity index (χ2n) is 6.33. The fourth-order valence-corrected chi connectivity index (χ4v) is 2.38. The Labute approximate surface area is 113 Å². The van der Waals surface area contributed by atoms with E-state index in [1.165, 1.54) is 0 Å². The number of halogens is 2. The van der Waals surface area contributed by atoms with Crippen molar-refractivity contribution in [1.82, 2.24) is 10.6 Å². The number of amides is 1. The highest BCUT2D eigenvalue weighted by atomic mass is 19.3. The highest BCUT2D eigenvalue weighted by molar-refractivity contribution is 5.68. The predicted octanol–water partition coefficient (Wildman–Crippen LogP) is 2.53. The molecule has 1 amide bonds. The topological polar surface area (TPSA) is 50.4 Å². The number of alkyl halides is 2. The lowest BCUT2D eigenvalue weighted by Crippen LogP contribution is -2.54. The van der Waals surface area contributed by atoms with Crippen molar-refractivity contribution >= 4 is 6.09 Å². The molecule has 0 aromatic heterocycles. The molecule has 2 unspecified atom stereocenters. The van der Waals surface area contributed by atoms with E-state index in [9.17, 15) is 13.6 Å². The predicted molar refractivity (Wildman–Crippen MR) is 69.4 cm³/mol. The van der Waals surface area contributed by atoms with E-state index in [4.69, 9.17) is 4.74 Å². The number of rotatable bonds is 4. The standard InChI is InChI=1S/C13H24F2N2O2/c1-12(2,3)19-11(18)17-13(4,7-10(14)15)9-5-6-16-8-9/h9-10,16H,5-8H2,1-4H3,(H,17,18). The Balaban J connectivity index is 2.71. The molecule has 0 aliphatic carbocycles. The van der Waals surface area contributed by atoms with Crippen molar-refractivity contribution in [3.8, 4) is 0 Å². The third kappa shape index (κ3) is 5.30. The summed E-state index contributed by atoms with van der Waals surface area (Å²) in [5.74, 6) is -0.00554. The minimum absolute atomic E-state index is 0.00554. The van der Waals surface area contributed by atoms with E-state index in [0.717, 1.165) is 13.0 Å². The zero-order valence-corrected chi connectivity index (χ0v) is 12.1. The van der Waals surface area contributed by atoms with Gasteiger partial charge in [-0.1, -0.05) is 0 Å². The van der Waals surface area contributed by atoms with Crippen LogP contribution in [0, 0.1) is 5.92 Å². The summed E-state index contributed by atoms with van der Waals surface area (Å²) in [7, 11) is 0. The molecule has 6 heteroatoms. The quantitative estimate of drug-likeness (QED) is 0.831. The molecule has 0 radical (unpaired) electrons. The van der Waals surface area contributed by atoms with Crippen LogP contribution < -0.4 is 10.6 Å². The molecule has 2 atom stereocenters. The van der Waals surface area contributed by atoms with Crippen molar-refractivity contribution in [3.05, 3.63) is 0 Å². The Morgan fingerprint density at radius 1 is 1.42 bits per heavy atom. The third-order valence-corrected chi connectivity index (χ3v) is 3.33. The molecule has 0 spiro atoms. The van der Waals surface area contributed by atoms with Crippen molar-refractivity contribution in [2.45, 2.75) is 58.1 Å². The molecular formula is C13H24F2N2O2. The molecule has 1 saturated heterocycles. The molecule has 0 bridgehead atoms. The smallest absolute Gasteiger partial charge is 0.408 e. The van der Waals surface area contributed by atoms with Crippen LogP contribution in [-0.4, -0.2) is 36.7 Å². The van der Waals surface area contributed by atoms with Crippen LogP contribution in [0.15, 0.2) is 0 Å². The maximum atomic E-state index is 12.8. The van der Waals surface area contributed by atoms with Crippen LogP contribution in [0.1, 0.15) is 40.5 Å². The zero-order chi connectivity index (χ0) is 14.7. The summed E-state index contributed by atoms with van der Waals surface area (Å²) in [5, 5.41) is 5.78. The second kappa shape index (κ2) is 6.03. The monoisotopic (exact) mass is 278 g/mol. The normalized spacial score (nSPS) is 23.2. The van der Waals surface area contributed by atoms with Crippen LogP contribution in [0.25, 0.3) is 0 Å². The Morgan fingerprint density at radius 3 is 2.47 bits per heavy atom. The number of carbonyl (C=O) groups excluding carboxylic acids is 1. The van der Waals surface area contributed by atoms with Crippen LogP contribution in [0.3, 0.4) is 0 Å². The van der Waals surface area contributed by atoms with E-state index >= 15 is 0 Å². The minimum atomic E-state index is -2.46. The molecule has 0 saturated carbocycles. The van der Waals surface area contributed by atoms with Crippen LogP contribution in [0.4, 0.5) is 13.6 Å². The first-order valence-electron chi connectivity index (χ1n) is 6.62. The number of hydrogen-bond acceptors (Lipinski definition) is 3. The molecule has 0 aromatic carbocycles. The molecule has 2 N–H and O–H groups in total. The van der Waals surface area contributed by atoms with E-state index in [1.54, 1.807) is 27.7 Å². The number of carbonyl (C=O) groups is 1. The second-order valence-corrected chi connectivity index (χ2v) is 6.33. The molecule has 1 heterocycles.